The van der Waals surface area contributed by atoms with Gasteiger partial charge in [-0.2, -0.15) is 13.2 Å². The van der Waals surface area contributed by atoms with E-state index in [0.29, 0.717) is 18.4 Å². The molecule has 0 amide bonds. The number of alkyl halides is 3. The summed E-state index contributed by atoms with van der Waals surface area (Å²) in [6, 6.07) is 4.78. The maximum Gasteiger partial charge on any atom is 0.416 e. The average molecular weight is 302 g/mol. The molecule has 1 unspecified atom stereocenters. The van der Waals surface area contributed by atoms with Crippen LogP contribution in [0.3, 0.4) is 0 Å². The van der Waals surface area contributed by atoms with Crippen LogP contribution in [0.5, 0.6) is 0 Å². The van der Waals surface area contributed by atoms with Gasteiger partial charge in [0.25, 0.3) is 0 Å². The summed E-state index contributed by atoms with van der Waals surface area (Å²) in [5, 5.41) is 9.52. The summed E-state index contributed by atoms with van der Waals surface area (Å²) >= 11 is 0. The molecular formula is C16H21F3O2. The molecule has 0 saturated carbocycles. The summed E-state index contributed by atoms with van der Waals surface area (Å²) < 4.78 is 37.6. The number of unbranched alkanes of at least 4 members (excludes halogenated alkanes) is 1. The fourth-order valence-electron chi connectivity index (χ4n) is 2.44. The fourth-order valence-corrected chi connectivity index (χ4v) is 2.44. The highest BCUT2D eigenvalue weighted by molar-refractivity contribution is 5.75. The van der Waals surface area contributed by atoms with Gasteiger partial charge in [0.15, 0.2) is 0 Å². The van der Waals surface area contributed by atoms with E-state index in [1.807, 2.05) is 13.8 Å². The first-order chi connectivity index (χ1) is 9.75. The molecule has 0 aliphatic rings. The summed E-state index contributed by atoms with van der Waals surface area (Å²) in [6.07, 6.45) is -1.42. The van der Waals surface area contributed by atoms with Crippen molar-refractivity contribution in [2.24, 2.45) is 5.41 Å². The Morgan fingerprint density at radius 1 is 1.14 bits per heavy atom. The molecule has 0 aliphatic heterocycles. The van der Waals surface area contributed by atoms with Crippen LogP contribution in [0.25, 0.3) is 0 Å². The Labute approximate surface area is 123 Å². The number of carboxylic acids is 1. The minimum atomic E-state index is -4.37. The van der Waals surface area contributed by atoms with Crippen molar-refractivity contribution in [3.05, 3.63) is 35.4 Å². The number of halogens is 3. The summed E-state index contributed by atoms with van der Waals surface area (Å²) in [5.41, 5.74) is -0.976. The van der Waals surface area contributed by atoms with E-state index in [1.54, 1.807) is 0 Å². The second-order valence-corrected chi connectivity index (χ2v) is 5.41. The van der Waals surface area contributed by atoms with Gasteiger partial charge in [-0.05, 0) is 37.0 Å². The van der Waals surface area contributed by atoms with Gasteiger partial charge >= 0.3 is 12.1 Å². The van der Waals surface area contributed by atoms with Gasteiger partial charge in [-0.1, -0.05) is 38.8 Å². The molecule has 118 valence electrons. The van der Waals surface area contributed by atoms with E-state index in [0.717, 1.165) is 25.0 Å². The smallest absolute Gasteiger partial charge is 0.416 e. The lowest BCUT2D eigenvalue weighted by Gasteiger charge is -2.28. The summed E-state index contributed by atoms with van der Waals surface area (Å²) in [5.74, 6) is -0.877. The van der Waals surface area contributed by atoms with E-state index in [9.17, 15) is 23.1 Å². The lowest BCUT2D eigenvalue weighted by molar-refractivity contribution is -0.149. The SMILES string of the molecule is CCCCC(CC)(Cc1ccc(C(F)(F)F)cc1)C(=O)O. The second-order valence-electron chi connectivity index (χ2n) is 5.41. The van der Waals surface area contributed by atoms with E-state index in [1.165, 1.54) is 12.1 Å². The monoisotopic (exact) mass is 302 g/mol. The number of carboxylic acid groups (broad SMARTS) is 1. The van der Waals surface area contributed by atoms with Crippen LogP contribution in [0.1, 0.15) is 50.7 Å². The van der Waals surface area contributed by atoms with Crippen molar-refractivity contribution in [2.75, 3.05) is 0 Å². The molecule has 1 N–H and O–H groups in total. The third-order valence-corrected chi connectivity index (χ3v) is 3.96. The van der Waals surface area contributed by atoms with Gasteiger partial charge < -0.3 is 5.11 Å². The van der Waals surface area contributed by atoms with E-state index >= 15 is 0 Å². The number of carbonyl (C=O) groups is 1. The number of aliphatic carboxylic acids is 1. The summed E-state index contributed by atoms with van der Waals surface area (Å²) in [4.78, 5) is 11.6. The molecule has 1 rings (SSSR count). The Morgan fingerprint density at radius 3 is 2.10 bits per heavy atom. The molecule has 21 heavy (non-hydrogen) atoms. The predicted molar refractivity (Wildman–Crippen MR) is 75.0 cm³/mol. The molecule has 1 aromatic carbocycles. The molecule has 0 bridgehead atoms. The molecule has 0 spiro atoms. The minimum Gasteiger partial charge on any atom is -0.481 e. The molecule has 1 aromatic rings. The van der Waals surface area contributed by atoms with Crippen molar-refractivity contribution in [1.82, 2.24) is 0 Å². The van der Waals surface area contributed by atoms with E-state index in [4.69, 9.17) is 0 Å². The Morgan fingerprint density at radius 2 is 1.71 bits per heavy atom. The Bertz CT molecular complexity index is 465. The summed E-state index contributed by atoms with van der Waals surface area (Å²) in [7, 11) is 0. The fraction of sp³-hybridized carbons (Fsp3) is 0.562. The maximum absolute atomic E-state index is 12.5. The van der Waals surface area contributed by atoms with Gasteiger partial charge in [0.2, 0.25) is 0 Å². The zero-order chi connectivity index (χ0) is 16.1. The zero-order valence-corrected chi connectivity index (χ0v) is 12.3. The van der Waals surface area contributed by atoms with Crippen LogP contribution in [0, 0.1) is 5.41 Å². The lowest BCUT2D eigenvalue weighted by atomic mass is 9.75. The quantitative estimate of drug-likeness (QED) is 0.776. The first-order valence-electron chi connectivity index (χ1n) is 7.14. The van der Waals surface area contributed by atoms with Gasteiger partial charge in [0.1, 0.15) is 0 Å². The molecule has 0 saturated heterocycles. The highest BCUT2D eigenvalue weighted by Crippen LogP contribution is 2.35. The number of rotatable bonds is 7. The third kappa shape index (κ3) is 4.48. The number of hydrogen-bond acceptors (Lipinski definition) is 1. The molecule has 0 aliphatic carbocycles. The average Bonchev–Trinajstić information content (AvgIpc) is 2.42. The van der Waals surface area contributed by atoms with Crippen molar-refractivity contribution in [2.45, 2.75) is 52.1 Å². The number of benzene rings is 1. The Kier molecular flexibility index (Phi) is 5.81. The van der Waals surface area contributed by atoms with Crippen LogP contribution in [-0.4, -0.2) is 11.1 Å². The molecule has 2 nitrogen and oxygen atoms in total. The van der Waals surface area contributed by atoms with Crippen LogP contribution in [0.4, 0.5) is 13.2 Å². The van der Waals surface area contributed by atoms with Gasteiger partial charge in [-0.15, -0.1) is 0 Å². The van der Waals surface area contributed by atoms with Crippen LogP contribution in [0.2, 0.25) is 0 Å². The van der Waals surface area contributed by atoms with Gasteiger partial charge in [-0.3, -0.25) is 4.79 Å². The third-order valence-electron chi connectivity index (χ3n) is 3.96. The van der Waals surface area contributed by atoms with Crippen molar-refractivity contribution >= 4 is 5.97 Å². The Balaban J connectivity index is 2.96. The van der Waals surface area contributed by atoms with Crippen molar-refractivity contribution in [1.29, 1.82) is 0 Å². The standard InChI is InChI=1S/C16H21F3O2/c1-3-5-10-15(4-2,14(20)21)11-12-6-8-13(9-7-12)16(17,18)19/h6-9H,3-5,10-11H2,1-2H3,(H,20,21). The predicted octanol–water partition coefficient (Wildman–Crippen LogP) is 4.92. The molecular weight excluding hydrogens is 281 g/mol. The largest absolute Gasteiger partial charge is 0.481 e. The zero-order valence-electron chi connectivity index (χ0n) is 12.3. The molecule has 0 fully saturated rings. The van der Waals surface area contributed by atoms with Crippen molar-refractivity contribution < 1.29 is 23.1 Å². The molecule has 0 aromatic heterocycles. The molecule has 0 radical (unpaired) electrons. The highest BCUT2D eigenvalue weighted by atomic mass is 19.4. The first-order valence-corrected chi connectivity index (χ1v) is 7.14. The van der Waals surface area contributed by atoms with Crippen LogP contribution in [-0.2, 0) is 17.4 Å². The Hall–Kier alpha value is -1.52. The molecule has 5 heteroatoms. The van der Waals surface area contributed by atoms with Crippen LogP contribution in [0.15, 0.2) is 24.3 Å². The molecule has 0 heterocycles. The summed E-state index contributed by atoms with van der Waals surface area (Å²) in [6.45, 7) is 3.80. The van der Waals surface area contributed by atoms with Crippen molar-refractivity contribution in [3.63, 3.8) is 0 Å². The minimum absolute atomic E-state index is 0.261. The topological polar surface area (TPSA) is 37.3 Å². The second kappa shape index (κ2) is 6.96. The molecule has 1 atom stereocenters. The van der Waals surface area contributed by atoms with Crippen LogP contribution < -0.4 is 0 Å². The number of hydrogen-bond donors (Lipinski definition) is 1. The van der Waals surface area contributed by atoms with Crippen molar-refractivity contribution in [3.8, 4) is 0 Å². The van der Waals surface area contributed by atoms with E-state index in [2.05, 4.69) is 0 Å². The normalized spacial score (nSPS) is 14.7. The van der Waals surface area contributed by atoms with Crippen LogP contribution >= 0.6 is 0 Å². The van der Waals surface area contributed by atoms with E-state index in [-0.39, 0.29) is 6.42 Å². The van der Waals surface area contributed by atoms with E-state index < -0.39 is 23.1 Å². The highest BCUT2D eigenvalue weighted by Gasteiger charge is 2.36. The van der Waals surface area contributed by atoms with Gasteiger partial charge in [0.05, 0.1) is 11.0 Å². The lowest BCUT2D eigenvalue weighted by Crippen LogP contribution is -2.32. The maximum atomic E-state index is 12.5. The van der Waals surface area contributed by atoms with Gasteiger partial charge in [-0.25, -0.2) is 0 Å². The van der Waals surface area contributed by atoms with Gasteiger partial charge in [0, 0.05) is 0 Å². The first kappa shape index (κ1) is 17.5.